The molecule has 146 valence electrons. The smallest absolute Gasteiger partial charge is 0.416 e. The number of hydrogen-bond donors (Lipinski definition) is 0. The van der Waals surface area contributed by atoms with Crippen LogP contribution in [0, 0.1) is 6.92 Å². The Morgan fingerprint density at radius 2 is 1.81 bits per heavy atom. The molecule has 2 nitrogen and oxygen atoms in total. The van der Waals surface area contributed by atoms with E-state index >= 15 is 0 Å². The second-order valence-electron chi connectivity index (χ2n) is 6.30. The third-order valence-corrected chi connectivity index (χ3v) is 5.04. The van der Waals surface area contributed by atoms with Crippen LogP contribution in [0.25, 0.3) is 0 Å². The van der Waals surface area contributed by atoms with Gasteiger partial charge in [0.15, 0.2) is 0 Å². The van der Waals surface area contributed by atoms with Crippen LogP contribution in [0.4, 0.5) is 13.2 Å². The van der Waals surface area contributed by atoms with E-state index in [1.54, 1.807) is 0 Å². The van der Waals surface area contributed by atoms with E-state index in [1.165, 1.54) is 23.9 Å². The molecule has 2 aromatic carbocycles. The minimum atomic E-state index is -4.33. The second kappa shape index (κ2) is 9.83. The van der Waals surface area contributed by atoms with E-state index in [4.69, 9.17) is 4.74 Å². The molecule has 0 radical (unpaired) electrons. The summed E-state index contributed by atoms with van der Waals surface area (Å²) in [6.07, 6.45) is -2.63. The molecule has 0 aliphatic carbocycles. The Hall–Kier alpha value is -1.95. The van der Waals surface area contributed by atoms with E-state index in [0.717, 1.165) is 40.3 Å². The molecule has 0 saturated heterocycles. The van der Waals surface area contributed by atoms with Gasteiger partial charge < -0.3 is 4.74 Å². The van der Waals surface area contributed by atoms with Crippen LogP contribution in [0.5, 0.6) is 5.75 Å². The van der Waals surface area contributed by atoms with Gasteiger partial charge in [-0.1, -0.05) is 19.1 Å². The Morgan fingerprint density at radius 3 is 2.41 bits per heavy atom. The van der Waals surface area contributed by atoms with E-state index in [9.17, 15) is 18.0 Å². The first-order valence-electron chi connectivity index (χ1n) is 8.83. The van der Waals surface area contributed by atoms with Gasteiger partial charge in [-0.05, 0) is 61.2 Å². The number of thioether (sulfide) groups is 1. The summed E-state index contributed by atoms with van der Waals surface area (Å²) in [4.78, 5) is 13.1. The first-order valence-corrected chi connectivity index (χ1v) is 9.82. The van der Waals surface area contributed by atoms with Crippen LogP contribution >= 0.6 is 11.8 Å². The molecular formula is C21H23F3O2S. The number of carbonyl (C=O) groups is 1. The molecule has 0 spiro atoms. The predicted octanol–water partition coefficient (Wildman–Crippen LogP) is 6.10. The molecule has 0 heterocycles. The fraction of sp³-hybridized carbons (Fsp3) is 0.381. The topological polar surface area (TPSA) is 26.3 Å². The van der Waals surface area contributed by atoms with E-state index in [1.807, 2.05) is 25.1 Å². The molecule has 2 rings (SSSR count). The summed E-state index contributed by atoms with van der Waals surface area (Å²) in [6, 6.07) is 10.8. The lowest BCUT2D eigenvalue weighted by Gasteiger charge is -2.10. The Kier molecular flexibility index (Phi) is 7.78. The van der Waals surface area contributed by atoms with Crippen LogP contribution in [0.3, 0.4) is 0 Å². The van der Waals surface area contributed by atoms with Gasteiger partial charge in [0.05, 0.1) is 17.9 Å². The zero-order valence-corrected chi connectivity index (χ0v) is 16.3. The van der Waals surface area contributed by atoms with Crippen LogP contribution < -0.4 is 4.74 Å². The normalized spacial score (nSPS) is 11.4. The fourth-order valence-electron chi connectivity index (χ4n) is 2.47. The molecule has 2 aromatic rings. The number of rotatable bonds is 9. The quantitative estimate of drug-likeness (QED) is 0.479. The average molecular weight is 396 g/mol. The van der Waals surface area contributed by atoms with E-state index in [2.05, 4.69) is 6.92 Å². The number of benzene rings is 2. The number of halogens is 3. The van der Waals surface area contributed by atoms with Crippen molar-refractivity contribution < 1.29 is 22.7 Å². The molecule has 0 saturated carbocycles. The predicted molar refractivity (Wildman–Crippen MR) is 102 cm³/mol. The molecule has 0 bridgehead atoms. The number of Topliss-reactive ketones (excluding diaryl/α,β-unsaturated/α-hetero) is 1. The number of hydrogen-bond acceptors (Lipinski definition) is 3. The Labute approximate surface area is 162 Å². The van der Waals surface area contributed by atoms with Crippen LogP contribution in [0.2, 0.25) is 0 Å². The van der Waals surface area contributed by atoms with Crippen molar-refractivity contribution in [2.45, 2.75) is 44.2 Å². The van der Waals surface area contributed by atoms with Gasteiger partial charge in [-0.2, -0.15) is 13.2 Å². The molecule has 0 amide bonds. The number of ether oxygens (including phenoxy) is 1. The van der Waals surface area contributed by atoms with Crippen molar-refractivity contribution in [3.05, 3.63) is 59.2 Å². The Balaban J connectivity index is 1.80. The highest BCUT2D eigenvalue weighted by Crippen LogP contribution is 2.29. The second-order valence-corrected chi connectivity index (χ2v) is 7.35. The number of carbonyl (C=O) groups excluding carboxylic acids is 1. The maximum atomic E-state index is 12.5. The summed E-state index contributed by atoms with van der Waals surface area (Å²) in [5.74, 6) is 1.27. The van der Waals surface area contributed by atoms with Crippen LogP contribution in [0.1, 0.15) is 36.5 Å². The SMILES string of the molecule is CCCOc1ccc(SCC(=O)CCc2ccc(C(F)(F)F)cc2)cc1C. The Bertz CT molecular complexity index is 755. The molecule has 0 aliphatic heterocycles. The lowest BCUT2D eigenvalue weighted by Crippen LogP contribution is -2.06. The summed E-state index contributed by atoms with van der Waals surface area (Å²) in [6.45, 7) is 4.70. The summed E-state index contributed by atoms with van der Waals surface area (Å²) >= 11 is 1.46. The van der Waals surface area contributed by atoms with Crippen molar-refractivity contribution in [2.75, 3.05) is 12.4 Å². The van der Waals surface area contributed by atoms with Crippen LogP contribution in [-0.4, -0.2) is 18.1 Å². The van der Waals surface area contributed by atoms with Gasteiger partial charge in [-0.3, -0.25) is 4.79 Å². The zero-order valence-electron chi connectivity index (χ0n) is 15.4. The van der Waals surface area contributed by atoms with E-state index in [0.29, 0.717) is 25.2 Å². The third kappa shape index (κ3) is 6.94. The Morgan fingerprint density at radius 1 is 1.11 bits per heavy atom. The van der Waals surface area contributed by atoms with Gasteiger partial charge in [0, 0.05) is 11.3 Å². The molecule has 27 heavy (non-hydrogen) atoms. The van der Waals surface area contributed by atoms with Crippen molar-refractivity contribution in [2.24, 2.45) is 0 Å². The van der Waals surface area contributed by atoms with Gasteiger partial charge >= 0.3 is 6.18 Å². The zero-order chi connectivity index (χ0) is 19.9. The molecular weight excluding hydrogens is 373 g/mol. The first-order chi connectivity index (χ1) is 12.8. The van der Waals surface area contributed by atoms with Crippen molar-refractivity contribution in [3.8, 4) is 5.75 Å². The highest BCUT2D eigenvalue weighted by molar-refractivity contribution is 8.00. The molecule has 0 N–H and O–H groups in total. The minimum Gasteiger partial charge on any atom is -0.493 e. The molecule has 0 fully saturated rings. The van der Waals surface area contributed by atoms with Crippen molar-refractivity contribution in [3.63, 3.8) is 0 Å². The highest BCUT2D eigenvalue weighted by atomic mass is 32.2. The summed E-state index contributed by atoms with van der Waals surface area (Å²) in [5.41, 5.74) is 1.09. The average Bonchev–Trinajstić information content (AvgIpc) is 2.63. The minimum absolute atomic E-state index is 0.0730. The van der Waals surface area contributed by atoms with E-state index in [-0.39, 0.29) is 5.78 Å². The molecule has 6 heteroatoms. The van der Waals surface area contributed by atoms with Crippen molar-refractivity contribution >= 4 is 17.5 Å². The van der Waals surface area contributed by atoms with Gasteiger partial charge in [-0.15, -0.1) is 11.8 Å². The summed E-state index contributed by atoms with van der Waals surface area (Å²) in [7, 11) is 0. The number of aryl methyl sites for hydroxylation is 2. The molecule has 0 aromatic heterocycles. The number of alkyl halides is 3. The standard InChI is InChI=1S/C21H23F3O2S/c1-3-12-26-20-11-10-19(13-15(20)2)27-14-18(25)9-6-16-4-7-17(8-5-16)21(22,23)24/h4-5,7-8,10-11,13H,3,6,9,12,14H2,1-2H3. The van der Waals surface area contributed by atoms with Gasteiger partial charge in [0.2, 0.25) is 0 Å². The summed E-state index contributed by atoms with van der Waals surface area (Å²) in [5, 5.41) is 0. The van der Waals surface area contributed by atoms with Gasteiger partial charge in [0.25, 0.3) is 0 Å². The van der Waals surface area contributed by atoms with Crippen LogP contribution in [-0.2, 0) is 17.4 Å². The molecule has 0 atom stereocenters. The highest BCUT2D eigenvalue weighted by Gasteiger charge is 2.29. The van der Waals surface area contributed by atoms with Crippen LogP contribution in [0.15, 0.2) is 47.4 Å². The number of ketones is 1. The third-order valence-electron chi connectivity index (χ3n) is 3.98. The monoisotopic (exact) mass is 396 g/mol. The maximum absolute atomic E-state index is 12.5. The molecule has 0 aliphatic rings. The van der Waals surface area contributed by atoms with Crippen molar-refractivity contribution in [1.82, 2.24) is 0 Å². The van der Waals surface area contributed by atoms with Crippen molar-refractivity contribution in [1.29, 1.82) is 0 Å². The first kappa shape index (κ1) is 21.4. The van der Waals surface area contributed by atoms with Gasteiger partial charge in [0.1, 0.15) is 11.5 Å². The fourth-order valence-corrected chi connectivity index (χ4v) is 3.36. The lowest BCUT2D eigenvalue weighted by molar-refractivity contribution is -0.137. The maximum Gasteiger partial charge on any atom is 0.416 e. The largest absolute Gasteiger partial charge is 0.493 e. The molecule has 0 unspecified atom stereocenters. The summed E-state index contributed by atoms with van der Waals surface area (Å²) < 4.78 is 43.3. The van der Waals surface area contributed by atoms with E-state index < -0.39 is 11.7 Å². The lowest BCUT2D eigenvalue weighted by atomic mass is 10.1. The van der Waals surface area contributed by atoms with Gasteiger partial charge in [-0.25, -0.2) is 0 Å².